The molecule has 0 spiro atoms. The summed E-state index contributed by atoms with van der Waals surface area (Å²) in [7, 11) is 0. The zero-order valence-electron chi connectivity index (χ0n) is 18.6. The number of aromatic carboxylic acids is 1. The molecule has 0 atom stereocenters. The van der Waals surface area contributed by atoms with E-state index in [1.165, 1.54) is 16.7 Å². The van der Waals surface area contributed by atoms with Gasteiger partial charge in [-0.3, -0.25) is 4.79 Å². The Morgan fingerprint density at radius 2 is 1.59 bits per heavy atom. The zero-order valence-corrected chi connectivity index (χ0v) is 18.6. The summed E-state index contributed by atoms with van der Waals surface area (Å²) in [6.45, 7) is 6.87. The molecule has 0 saturated carbocycles. The molecule has 0 aromatic heterocycles. The van der Waals surface area contributed by atoms with Crippen LogP contribution in [0.25, 0.3) is 5.57 Å². The maximum Gasteiger partial charge on any atom is 0.335 e. The van der Waals surface area contributed by atoms with Crippen molar-refractivity contribution in [2.24, 2.45) is 0 Å². The molecule has 0 bridgehead atoms. The zero-order chi connectivity index (χ0) is 22.9. The van der Waals surface area contributed by atoms with Crippen molar-refractivity contribution in [3.63, 3.8) is 0 Å². The molecule has 1 aliphatic carbocycles. The predicted octanol–water partition coefficient (Wildman–Crippen LogP) is 5.74. The molecule has 162 valence electrons. The Bertz CT molecular complexity index is 1200. The number of hydrogen-bond donors (Lipinski definition) is 2. The molecule has 3 aromatic carbocycles. The molecule has 3 aromatic rings. The Kier molecular flexibility index (Phi) is 5.70. The molecule has 0 saturated heterocycles. The minimum absolute atomic E-state index is 0.00439. The average molecular weight is 426 g/mol. The third-order valence-electron chi connectivity index (χ3n) is 6.13. The molecule has 0 fully saturated rings. The van der Waals surface area contributed by atoms with E-state index in [4.69, 9.17) is 5.11 Å². The summed E-state index contributed by atoms with van der Waals surface area (Å²) in [5.74, 6) is -1.11. The van der Waals surface area contributed by atoms with Crippen molar-refractivity contribution in [1.29, 1.82) is 0 Å². The lowest BCUT2D eigenvalue weighted by atomic mass is 9.72. The first kappa shape index (κ1) is 21.6. The van der Waals surface area contributed by atoms with Gasteiger partial charge in [0.25, 0.3) is 5.91 Å². The first-order valence-electron chi connectivity index (χ1n) is 10.8. The topological polar surface area (TPSA) is 66.4 Å². The number of allylic oxidation sites excluding steroid dienone is 1. The Morgan fingerprint density at radius 3 is 2.25 bits per heavy atom. The van der Waals surface area contributed by atoms with E-state index < -0.39 is 5.97 Å². The van der Waals surface area contributed by atoms with Crippen LogP contribution in [0.5, 0.6) is 0 Å². The Labute approximate surface area is 188 Å². The van der Waals surface area contributed by atoms with Crippen LogP contribution in [0, 0.1) is 6.92 Å². The van der Waals surface area contributed by atoms with E-state index in [-0.39, 0.29) is 16.9 Å². The summed E-state index contributed by atoms with van der Waals surface area (Å²) in [4.78, 5) is 23.9. The van der Waals surface area contributed by atoms with Crippen LogP contribution >= 0.6 is 0 Å². The third kappa shape index (κ3) is 4.35. The fraction of sp³-hybridized carbons (Fsp3) is 0.214. The van der Waals surface area contributed by atoms with Crippen LogP contribution in [0.4, 0.5) is 0 Å². The van der Waals surface area contributed by atoms with Crippen molar-refractivity contribution in [2.75, 3.05) is 0 Å². The molecule has 0 heterocycles. The first-order valence-corrected chi connectivity index (χ1v) is 10.8. The fourth-order valence-electron chi connectivity index (χ4n) is 4.13. The molecule has 1 aliphatic rings. The van der Waals surface area contributed by atoms with Crippen LogP contribution in [-0.2, 0) is 12.0 Å². The van der Waals surface area contributed by atoms with Crippen molar-refractivity contribution in [2.45, 2.75) is 39.2 Å². The molecule has 2 N–H and O–H groups in total. The minimum atomic E-state index is -0.963. The van der Waals surface area contributed by atoms with Gasteiger partial charge in [0, 0.05) is 12.1 Å². The Balaban J connectivity index is 1.59. The van der Waals surface area contributed by atoms with Crippen LogP contribution in [0.1, 0.15) is 68.8 Å². The summed E-state index contributed by atoms with van der Waals surface area (Å²) in [6, 6.07) is 21.0. The van der Waals surface area contributed by atoms with Gasteiger partial charge in [0.15, 0.2) is 0 Å². The van der Waals surface area contributed by atoms with E-state index >= 15 is 0 Å². The van der Waals surface area contributed by atoms with E-state index in [0.717, 1.165) is 23.1 Å². The van der Waals surface area contributed by atoms with E-state index in [1.807, 2.05) is 12.1 Å². The maximum absolute atomic E-state index is 12.9. The van der Waals surface area contributed by atoms with Gasteiger partial charge in [0.05, 0.1) is 5.56 Å². The van der Waals surface area contributed by atoms with Crippen molar-refractivity contribution in [3.8, 4) is 0 Å². The van der Waals surface area contributed by atoms with Gasteiger partial charge in [-0.1, -0.05) is 68.0 Å². The molecule has 0 aliphatic heterocycles. The molecular weight excluding hydrogens is 398 g/mol. The lowest BCUT2D eigenvalue weighted by molar-refractivity contribution is 0.0696. The number of carbonyl (C=O) groups is 2. The van der Waals surface area contributed by atoms with Gasteiger partial charge in [-0.05, 0) is 70.9 Å². The van der Waals surface area contributed by atoms with Gasteiger partial charge < -0.3 is 10.4 Å². The molecular formula is C28H27NO3. The summed E-state index contributed by atoms with van der Waals surface area (Å²) in [6.07, 6.45) is 3.22. The largest absolute Gasteiger partial charge is 0.478 e. The van der Waals surface area contributed by atoms with E-state index in [0.29, 0.717) is 12.1 Å². The van der Waals surface area contributed by atoms with Crippen LogP contribution in [0.3, 0.4) is 0 Å². The first-order chi connectivity index (χ1) is 15.2. The molecule has 1 amide bonds. The number of benzene rings is 3. The highest BCUT2D eigenvalue weighted by atomic mass is 16.4. The number of fused-ring (bicyclic) bond motifs is 1. The lowest BCUT2D eigenvalue weighted by Gasteiger charge is -2.32. The van der Waals surface area contributed by atoms with E-state index in [2.05, 4.69) is 62.5 Å². The van der Waals surface area contributed by atoms with Gasteiger partial charge in [0.2, 0.25) is 0 Å². The number of aryl methyl sites for hydroxylation is 1. The van der Waals surface area contributed by atoms with Crippen LogP contribution in [0.2, 0.25) is 0 Å². The molecule has 0 radical (unpaired) electrons. The van der Waals surface area contributed by atoms with Gasteiger partial charge in [-0.25, -0.2) is 4.79 Å². The second-order valence-electron chi connectivity index (χ2n) is 9.02. The molecule has 4 rings (SSSR count). The monoisotopic (exact) mass is 425 g/mol. The second-order valence-corrected chi connectivity index (χ2v) is 9.02. The number of rotatable bonds is 5. The van der Waals surface area contributed by atoms with Gasteiger partial charge in [0.1, 0.15) is 0 Å². The van der Waals surface area contributed by atoms with E-state index in [1.54, 1.807) is 24.3 Å². The van der Waals surface area contributed by atoms with Crippen LogP contribution < -0.4 is 5.32 Å². The normalized spacial score (nSPS) is 14.3. The summed E-state index contributed by atoms with van der Waals surface area (Å²) in [5, 5.41) is 12.0. The maximum atomic E-state index is 12.9. The van der Waals surface area contributed by atoms with Gasteiger partial charge >= 0.3 is 5.97 Å². The standard InChI is InChI=1S/C28H27NO3/c1-18-4-8-20(9-5-18)23-14-15-28(2,3)25-13-12-22(16-24(23)25)26(30)29-17-19-6-10-21(11-7-19)27(31)32/h4-14,16H,15,17H2,1-3H3,(H,29,30)(H,31,32). The molecule has 0 unspecified atom stereocenters. The predicted molar refractivity (Wildman–Crippen MR) is 127 cm³/mol. The Morgan fingerprint density at radius 1 is 0.938 bits per heavy atom. The smallest absolute Gasteiger partial charge is 0.335 e. The minimum Gasteiger partial charge on any atom is -0.478 e. The van der Waals surface area contributed by atoms with E-state index in [9.17, 15) is 9.59 Å². The highest BCUT2D eigenvalue weighted by Crippen LogP contribution is 2.41. The van der Waals surface area contributed by atoms with Gasteiger partial charge in [-0.15, -0.1) is 0 Å². The SMILES string of the molecule is Cc1ccc(C2=CCC(C)(C)c3ccc(C(=O)NCc4ccc(C(=O)O)cc4)cc32)cc1. The third-order valence-corrected chi connectivity index (χ3v) is 6.13. The molecule has 4 heteroatoms. The highest BCUT2D eigenvalue weighted by Gasteiger charge is 2.29. The van der Waals surface area contributed by atoms with Crippen molar-refractivity contribution < 1.29 is 14.7 Å². The van der Waals surface area contributed by atoms with Crippen molar-refractivity contribution in [3.05, 3.63) is 112 Å². The number of nitrogens with one attached hydrogen (secondary N) is 1. The molecule has 32 heavy (non-hydrogen) atoms. The highest BCUT2D eigenvalue weighted by molar-refractivity contribution is 5.96. The average Bonchev–Trinajstić information content (AvgIpc) is 2.78. The Hall–Kier alpha value is -3.66. The van der Waals surface area contributed by atoms with Crippen LogP contribution in [0.15, 0.2) is 72.8 Å². The summed E-state index contributed by atoms with van der Waals surface area (Å²) >= 11 is 0. The number of carboxylic acid groups (broad SMARTS) is 1. The number of carbonyl (C=O) groups excluding carboxylic acids is 1. The quantitative estimate of drug-likeness (QED) is 0.548. The number of carboxylic acids is 1. The number of amides is 1. The summed E-state index contributed by atoms with van der Waals surface area (Å²) < 4.78 is 0. The number of hydrogen-bond acceptors (Lipinski definition) is 2. The summed E-state index contributed by atoms with van der Waals surface area (Å²) in [5.41, 5.74) is 7.58. The lowest BCUT2D eigenvalue weighted by Crippen LogP contribution is -2.25. The van der Waals surface area contributed by atoms with Gasteiger partial charge in [-0.2, -0.15) is 0 Å². The van der Waals surface area contributed by atoms with Crippen molar-refractivity contribution in [1.82, 2.24) is 5.32 Å². The fourth-order valence-corrected chi connectivity index (χ4v) is 4.13. The molecule has 4 nitrogen and oxygen atoms in total. The van der Waals surface area contributed by atoms with Crippen LogP contribution in [-0.4, -0.2) is 17.0 Å². The van der Waals surface area contributed by atoms with Crippen molar-refractivity contribution >= 4 is 17.4 Å². The second kappa shape index (κ2) is 8.46.